The Kier molecular flexibility index (Phi) is 5.88. The quantitative estimate of drug-likeness (QED) is 0.791. The van der Waals surface area contributed by atoms with Crippen molar-refractivity contribution in [2.24, 2.45) is 0 Å². The highest BCUT2D eigenvalue weighted by atomic mass is 35.5. The summed E-state index contributed by atoms with van der Waals surface area (Å²) in [5.41, 5.74) is 0.236. The van der Waals surface area contributed by atoms with Crippen LogP contribution in [0.2, 0.25) is 5.02 Å². The number of carboxylic acid groups (broad SMARTS) is 1. The molecule has 0 aliphatic rings. The summed E-state index contributed by atoms with van der Waals surface area (Å²) in [6.45, 7) is -0.393. The van der Waals surface area contributed by atoms with E-state index in [1.807, 2.05) is 0 Å². The van der Waals surface area contributed by atoms with Crippen molar-refractivity contribution in [1.82, 2.24) is 0 Å². The van der Waals surface area contributed by atoms with E-state index < -0.39 is 12.1 Å². The number of carboxylic acids is 1. The number of aliphatic hydroxyl groups is 1. The number of ether oxygens (including phenoxy) is 3. The van der Waals surface area contributed by atoms with Crippen LogP contribution in [-0.2, 0) is 9.53 Å². The summed E-state index contributed by atoms with van der Waals surface area (Å²) in [4.78, 5) is 11.2. The summed E-state index contributed by atoms with van der Waals surface area (Å²) in [5, 5.41) is 17.9. The van der Waals surface area contributed by atoms with Gasteiger partial charge in [-0.25, -0.2) is 4.79 Å². The maximum absolute atomic E-state index is 11.2. The van der Waals surface area contributed by atoms with E-state index in [1.165, 1.54) is 26.4 Å². The Balaban J connectivity index is 3.20. The van der Waals surface area contributed by atoms with Gasteiger partial charge >= 0.3 is 5.97 Å². The lowest BCUT2D eigenvalue weighted by Gasteiger charge is -2.17. The number of methoxy groups -OCH3 is 2. The molecule has 0 fully saturated rings. The fourth-order valence-corrected chi connectivity index (χ4v) is 1.90. The minimum atomic E-state index is -1.28. The normalized spacial score (nSPS) is 12.0. The molecule has 106 valence electrons. The van der Waals surface area contributed by atoms with Crippen LogP contribution in [0.4, 0.5) is 0 Å². The summed E-state index contributed by atoms with van der Waals surface area (Å²) in [5.74, 6) is -0.578. The first kappa shape index (κ1) is 15.6. The average molecular weight is 291 g/mol. The van der Waals surface area contributed by atoms with Crippen molar-refractivity contribution in [1.29, 1.82) is 0 Å². The van der Waals surface area contributed by atoms with Gasteiger partial charge in [-0.15, -0.1) is 0 Å². The van der Waals surface area contributed by atoms with Gasteiger partial charge in [-0.1, -0.05) is 17.7 Å². The third kappa shape index (κ3) is 3.50. The molecule has 1 unspecified atom stereocenters. The van der Waals surface area contributed by atoms with Crippen LogP contribution in [0, 0.1) is 0 Å². The lowest BCUT2D eigenvalue weighted by atomic mass is 10.1. The average Bonchev–Trinajstić information content (AvgIpc) is 2.39. The zero-order valence-corrected chi connectivity index (χ0v) is 11.3. The molecule has 19 heavy (non-hydrogen) atoms. The van der Waals surface area contributed by atoms with E-state index in [2.05, 4.69) is 0 Å². The SMILES string of the molecule is COc1ccc(C(OCCO)C(=O)O)c(Cl)c1OC. The van der Waals surface area contributed by atoms with Crippen LogP contribution in [0.3, 0.4) is 0 Å². The van der Waals surface area contributed by atoms with Crippen molar-refractivity contribution < 1.29 is 29.2 Å². The second-order valence-electron chi connectivity index (χ2n) is 3.52. The monoisotopic (exact) mass is 290 g/mol. The summed E-state index contributed by atoms with van der Waals surface area (Å²) in [7, 11) is 2.85. The minimum Gasteiger partial charge on any atom is -0.493 e. The van der Waals surface area contributed by atoms with Crippen LogP contribution in [-0.4, -0.2) is 43.6 Å². The standard InChI is InChI=1S/C12H15ClO6/c1-17-8-4-3-7(9(13)11(8)18-2)10(12(15)16)19-6-5-14/h3-4,10,14H,5-6H2,1-2H3,(H,15,16). The largest absolute Gasteiger partial charge is 0.493 e. The zero-order valence-electron chi connectivity index (χ0n) is 10.6. The number of hydrogen-bond acceptors (Lipinski definition) is 5. The summed E-state index contributed by atoms with van der Waals surface area (Å²) in [6.07, 6.45) is -1.28. The van der Waals surface area contributed by atoms with Crippen LogP contribution >= 0.6 is 11.6 Å². The molecule has 1 rings (SSSR count). The van der Waals surface area contributed by atoms with Gasteiger partial charge in [0, 0.05) is 5.56 Å². The van der Waals surface area contributed by atoms with Gasteiger partial charge in [0.1, 0.15) is 0 Å². The van der Waals surface area contributed by atoms with E-state index >= 15 is 0 Å². The molecule has 0 radical (unpaired) electrons. The Morgan fingerprint density at radius 3 is 2.53 bits per heavy atom. The molecule has 7 heteroatoms. The van der Waals surface area contributed by atoms with Crippen molar-refractivity contribution in [2.75, 3.05) is 27.4 Å². The predicted molar refractivity (Wildman–Crippen MR) is 68.0 cm³/mol. The van der Waals surface area contributed by atoms with Gasteiger partial charge in [-0.3, -0.25) is 0 Å². The lowest BCUT2D eigenvalue weighted by Crippen LogP contribution is -2.18. The molecule has 0 heterocycles. The Bertz CT molecular complexity index is 448. The first-order chi connectivity index (χ1) is 9.06. The highest BCUT2D eigenvalue weighted by Crippen LogP contribution is 2.40. The molecule has 0 spiro atoms. The number of halogens is 1. The second kappa shape index (κ2) is 7.18. The zero-order chi connectivity index (χ0) is 14.4. The van der Waals surface area contributed by atoms with Gasteiger partial charge in [0.05, 0.1) is 32.5 Å². The topological polar surface area (TPSA) is 85.2 Å². The Labute approximate surface area is 115 Å². The molecule has 0 saturated carbocycles. The molecule has 1 aromatic rings. The summed E-state index contributed by atoms with van der Waals surface area (Å²) in [6, 6.07) is 3.03. The molecule has 0 aliphatic heterocycles. The van der Waals surface area contributed by atoms with Gasteiger partial charge in [-0.05, 0) is 6.07 Å². The molecule has 0 amide bonds. The number of hydrogen-bond donors (Lipinski definition) is 2. The maximum Gasteiger partial charge on any atom is 0.337 e. The molecule has 0 aliphatic carbocycles. The molecule has 2 N–H and O–H groups in total. The first-order valence-corrected chi connectivity index (χ1v) is 5.80. The third-order valence-corrected chi connectivity index (χ3v) is 2.79. The van der Waals surface area contributed by atoms with Gasteiger partial charge in [0.15, 0.2) is 17.6 Å². The number of rotatable bonds is 7. The van der Waals surface area contributed by atoms with E-state index in [0.29, 0.717) is 5.75 Å². The molecule has 0 saturated heterocycles. The highest BCUT2D eigenvalue weighted by molar-refractivity contribution is 6.33. The molecular formula is C12H15ClO6. The van der Waals surface area contributed by atoms with Crippen LogP contribution in [0.1, 0.15) is 11.7 Å². The summed E-state index contributed by atoms with van der Waals surface area (Å²) < 4.78 is 15.2. The number of carbonyl (C=O) groups is 1. The number of aliphatic carboxylic acids is 1. The van der Waals surface area contributed by atoms with Crippen molar-refractivity contribution in [3.8, 4) is 11.5 Å². The Morgan fingerprint density at radius 2 is 2.05 bits per heavy atom. The summed E-state index contributed by atoms with van der Waals surface area (Å²) >= 11 is 6.10. The van der Waals surface area contributed by atoms with Crippen molar-refractivity contribution >= 4 is 17.6 Å². The fourth-order valence-electron chi connectivity index (χ4n) is 1.57. The van der Waals surface area contributed by atoms with Gasteiger partial charge in [0.2, 0.25) is 0 Å². The Morgan fingerprint density at radius 1 is 1.37 bits per heavy atom. The highest BCUT2D eigenvalue weighted by Gasteiger charge is 2.26. The predicted octanol–water partition coefficient (Wildman–Crippen LogP) is 1.49. The molecule has 0 aromatic heterocycles. The van der Waals surface area contributed by atoms with Crippen molar-refractivity contribution in [3.05, 3.63) is 22.7 Å². The van der Waals surface area contributed by atoms with Gasteiger partial charge in [-0.2, -0.15) is 0 Å². The van der Waals surface area contributed by atoms with E-state index in [4.69, 9.17) is 36.0 Å². The maximum atomic E-state index is 11.2. The van der Waals surface area contributed by atoms with Crippen LogP contribution in [0.25, 0.3) is 0 Å². The molecule has 6 nitrogen and oxygen atoms in total. The van der Waals surface area contributed by atoms with Crippen molar-refractivity contribution in [3.63, 3.8) is 0 Å². The molecule has 0 bridgehead atoms. The smallest absolute Gasteiger partial charge is 0.337 e. The van der Waals surface area contributed by atoms with E-state index in [9.17, 15) is 4.79 Å². The van der Waals surface area contributed by atoms with Crippen molar-refractivity contribution in [2.45, 2.75) is 6.10 Å². The van der Waals surface area contributed by atoms with Gasteiger partial charge < -0.3 is 24.4 Å². The number of benzene rings is 1. The minimum absolute atomic E-state index is 0.104. The first-order valence-electron chi connectivity index (χ1n) is 5.42. The number of aliphatic hydroxyl groups excluding tert-OH is 1. The third-order valence-electron chi connectivity index (χ3n) is 2.40. The van der Waals surface area contributed by atoms with Gasteiger partial charge in [0.25, 0.3) is 0 Å². The lowest BCUT2D eigenvalue weighted by molar-refractivity contribution is -0.151. The second-order valence-corrected chi connectivity index (χ2v) is 3.89. The fraction of sp³-hybridized carbons (Fsp3) is 0.417. The molecule has 1 aromatic carbocycles. The van der Waals surface area contributed by atoms with Crippen LogP contribution < -0.4 is 9.47 Å². The Hall–Kier alpha value is -1.50. The van der Waals surface area contributed by atoms with Crippen LogP contribution in [0.5, 0.6) is 11.5 Å². The molecular weight excluding hydrogens is 276 g/mol. The van der Waals surface area contributed by atoms with Crippen LogP contribution in [0.15, 0.2) is 12.1 Å². The molecule has 1 atom stereocenters. The van der Waals surface area contributed by atoms with E-state index in [1.54, 1.807) is 0 Å². The van der Waals surface area contributed by atoms with E-state index in [0.717, 1.165) is 0 Å². The van der Waals surface area contributed by atoms with E-state index in [-0.39, 0.29) is 29.5 Å².